The van der Waals surface area contributed by atoms with Crippen molar-refractivity contribution in [3.8, 4) is 0 Å². The Kier molecular flexibility index (Phi) is 3.24. The van der Waals surface area contributed by atoms with Crippen LogP contribution in [0.5, 0.6) is 0 Å². The third kappa shape index (κ3) is 1.91. The highest BCUT2D eigenvalue weighted by Gasteiger charge is 2.23. The topological polar surface area (TPSA) is 0 Å². The second-order valence-corrected chi connectivity index (χ2v) is 10.4. The van der Waals surface area contributed by atoms with Crippen molar-refractivity contribution in [2.45, 2.75) is 0 Å². The van der Waals surface area contributed by atoms with E-state index >= 15 is 0 Å². The zero-order valence-electron chi connectivity index (χ0n) is 16.8. The summed E-state index contributed by atoms with van der Waals surface area (Å²) >= 11 is 7.81. The summed E-state index contributed by atoms with van der Waals surface area (Å²) in [4.78, 5) is 0. The Labute approximate surface area is 200 Å². The lowest BCUT2D eigenvalue weighted by molar-refractivity contribution is 1.76. The number of benzene rings is 8. The van der Waals surface area contributed by atoms with E-state index in [1.165, 1.54) is 75.4 Å². The number of hydrogen-bond donors (Lipinski definition) is 0. The lowest BCUT2D eigenvalue weighted by atomic mass is 9.82. The molecule has 0 saturated heterocycles. The van der Waals surface area contributed by atoms with Crippen molar-refractivity contribution in [3.63, 3.8) is 0 Å². The van der Waals surface area contributed by atoms with Gasteiger partial charge < -0.3 is 0 Å². The fraction of sp³-hybridized carbons (Fsp3) is 0. The number of rotatable bonds is 0. The molecule has 148 valence electrons. The van der Waals surface area contributed by atoms with Crippen LogP contribution in [0.3, 0.4) is 0 Å². The van der Waals surface area contributed by atoms with Crippen molar-refractivity contribution in [1.29, 1.82) is 0 Å². The molecule has 8 aromatic carbocycles. The molecule has 0 atom stereocenters. The molecular weight excluding hydrogens is 520 g/mol. The van der Waals surface area contributed by atoms with Crippen LogP contribution in [-0.2, 0) is 0 Å². The second kappa shape index (κ2) is 5.89. The van der Waals surface area contributed by atoms with Crippen LogP contribution < -0.4 is 0 Å². The SMILES string of the molecule is Brc1ccc2c3ccc(Br)c4c5ccccc5c5ccc6c7ccccc7c1c2c6c5c34. The standard InChI is InChI=1S/C30H14Br2/c31-23-13-11-21-22-12-14-24(32)26-18-8-4-2-6-16(18)20-10-9-19-15-5-1-3-7-17(15)25(23)27(21)29(19)30(20)28(22)26/h1-14H. The predicted molar refractivity (Wildman–Crippen MR) is 147 cm³/mol. The molecule has 0 radical (unpaired) electrons. The van der Waals surface area contributed by atoms with Gasteiger partial charge in [-0.1, -0.05) is 105 Å². The lowest BCUT2D eigenvalue weighted by Gasteiger charge is -2.22. The van der Waals surface area contributed by atoms with E-state index in [0.717, 1.165) is 8.95 Å². The van der Waals surface area contributed by atoms with Gasteiger partial charge in [0.1, 0.15) is 0 Å². The molecule has 0 bridgehead atoms. The second-order valence-electron chi connectivity index (χ2n) is 8.69. The van der Waals surface area contributed by atoms with Gasteiger partial charge >= 0.3 is 0 Å². The molecule has 0 N–H and O–H groups in total. The van der Waals surface area contributed by atoms with Crippen LogP contribution in [-0.4, -0.2) is 0 Å². The van der Waals surface area contributed by atoms with E-state index in [4.69, 9.17) is 0 Å². The molecule has 0 aliphatic rings. The fourth-order valence-corrected chi connectivity index (χ4v) is 7.18. The normalized spacial score (nSPS) is 12.7. The molecule has 0 amide bonds. The lowest BCUT2D eigenvalue weighted by Crippen LogP contribution is -1.94. The number of hydrogen-bond acceptors (Lipinski definition) is 0. The molecule has 0 heterocycles. The van der Waals surface area contributed by atoms with E-state index in [1.807, 2.05) is 0 Å². The van der Waals surface area contributed by atoms with Crippen LogP contribution in [0.25, 0.3) is 75.4 Å². The molecule has 0 nitrogen and oxygen atoms in total. The highest BCUT2D eigenvalue weighted by Crippen LogP contribution is 2.52. The minimum Gasteiger partial charge on any atom is -0.0616 e. The quantitative estimate of drug-likeness (QED) is 0.134. The van der Waals surface area contributed by atoms with Crippen LogP contribution >= 0.6 is 31.9 Å². The van der Waals surface area contributed by atoms with Gasteiger partial charge in [-0.2, -0.15) is 0 Å². The summed E-state index contributed by atoms with van der Waals surface area (Å²) in [7, 11) is 0. The summed E-state index contributed by atoms with van der Waals surface area (Å²) in [5.41, 5.74) is 0. The molecule has 0 fully saturated rings. The molecule has 0 saturated carbocycles. The largest absolute Gasteiger partial charge is 0.0616 e. The van der Waals surface area contributed by atoms with E-state index in [0.29, 0.717) is 0 Å². The maximum absolute atomic E-state index is 3.90. The van der Waals surface area contributed by atoms with Gasteiger partial charge in [0, 0.05) is 19.7 Å². The van der Waals surface area contributed by atoms with E-state index in [2.05, 4.69) is 117 Å². The van der Waals surface area contributed by atoms with Gasteiger partial charge in [-0.05, 0) is 76.8 Å². The molecule has 8 rings (SSSR count). The first-order valence-corrected chi connectivity index (χ1v) is 12.4. The molecule has 2 heteroatoms. The van der Waals surface area contributed by atoms with E-state index in [1.54, 1.807) is 0 Å². The molecule has 0 spiro atoms. The van der Waals surface area contributed by atoms with Crippen molar-refractivity contribution in [2.24, 2.45) is 0 Å². The van der Waals surface area contributed by atoms with Gasteiger partial charge in [0.05, 0.1) is 0 Å². The average molecular weight is 534 g/mol. The summed E-state index contributed by atoms with van der Waals surface area (Å²) in [5.74, 6) is 0. The van der Waals surface area contributed by atoms with Crippen LogP contribution in [0.2, 0.25) is 0 Å². The third-order valence-corrected chi connectivity index (χ3v) is 8.60. The Morgan fingerprint density at radius 2 is 0.562 bits per heavy atom. The van der Waals surface area contributed by atoms with Crippen molar-refractivity contribution in [2.75, 3.05) is 0 Å². The molecule has 32 heavy (non-hydrogen) atoms. The van der Waals surface area contributed by atoms with Gasteiger partial charge in [-0.15, -0.1) is 0 Å². The fourth-order valence-electron chi connectivity index (χ4n) is 6.09. The summed E-state index contributed by atoms with van der Waals surface area (Å²) in [6.45, 7) is 0. The van der Waals surface area contributed by atoms with Crippen molar-refractivity contribution in [1.82, 2.24) is 0 Å². The monoisotopic (exact) mass is 532 g/mol. The molecule has 8 aromatic rings. The van der Waals surface area contributed by atoms with Gasteiger partial charge in [0.2, 0.25) is 0 Å². The van der Waals surface area contributed by atoms with Gasteiger partial charge in [-0.3, -0.25) is 0 Å². The van der Waals surface area contributed by atoms with E-state index < -0.39 is 0 Å². The summed E-state index contributed by atoms with van der Waals surface area (Å²) in [6.07, 6.45) is 0. The van der Waals surface area contributed by atoms with E-state index in [-0.39, 0.29) is 0 Å². The van der Waals surface area contributed by atoms with Crippen molar-refractivity contribution < 1.29 is 0 Å². The minimum atomic E-state index is 1.16. The van der Waals surface area contributed by atoms with Crippen LogP contribution in [0.15, 0.2) is 93.9 Å². The number of halogens is 2. The van der Waals surface area contributed by atoms with Crippen LogP contribution in [0.4, 0.5) is 0 Å². The molecule has 0 aromatic heterocycles. The maximum atomic E-state index is 3.90. The summed E-state index contributed by atoms with van der Waals surface area (Å²) in [6, 6.07) is 31.4. The first-order chi connectivity index (χ1) is 15.7. The molecule has 0 aliphatic carbocycles. The third-order valence-electron chi connectivity index (χ3n) is 7.28. The van der Waals surface area contributed by atoms with Gasteiger partial charge in [0.15, 0.2) is 0 Å². The molecule has 0 aliphatic heterocycles. The highest BCUT2D eigenvalue weighted by molar-refractivity contribution is 9.11. The first kappa shape index (κ1) is 17.6. The van der Waals surface area contributed by atoms with Gasteiger partial charge in [-0.25, -0.2) is 0 Å². The van der Waals surface area contributed by atoms with Crippen LogP contribution in [0, 0.1) is 0 Å². The molecular formula is C30H14Br2. The minimum absolute atomic E-state index is 1.16. The highest BCUT2D eigenvalue weighted by atomic mass is 79.9. The number of fused-ring (bicyclic) bond motifs is 7. The van der Waals surface area contributed by atoms with E-state index in [9.17, 15) is 0 Å². The Morgan fingerprint density at radius 1 is 0.281 bits per heavy atom. The Balaban J connectivity index is 1.91. The Bertz CT molecular complexity index is 1900. The summed E-state index contributed by atoms with van der Waals surface area (Å²) < 4.78 is 2.31. The zero-order valence-corrected chi connectivity index (χ0v) is 20.0. The first-order valence-electron chi connectivity index (χ1n) is 10.8. The van der Waals surface area contributed by atoms with Crippen LogP contribution in [0.1, 0.15) is 0 Å². The van der Waals surface area contributed by atoms with Crippen molar-refractivity contribution >= 4 is 107 Å². The maximum Gasteiger partial charge on any atom is 0.0260 e. The van der Waals surface area contributed by atoms with Crippen molar-refractivity contribution in [3.05, 3.63) is 93.9 Å². The Morgan fingerprint density at radius 3 is 1.00 bits per heavy atom. The average Bonchev–Trinajstić information content (AvgIpc) is 2.84. The summed E-state index contributed by atoms with van der Waals surface area (Å²) in [5, 5.41) is 18.7. The zero-order chi connectivity index (χ0) is 21.1. The Hall–Kier alpha value is -2.94. The smallest absolute Gasteiger partial charge is 0.0260 e. The molecule has 0 unspecified atom stereocenters. The predicted octanol–water partition coefficient (Wildman–Crippen LogP) is 10.2. The van der Waals surface area contributed by atoms with Gasteiger partial charge in [0.25, 0.3) is 0 Å².